The lowest BCUT2D eigenvalue weighted by molar-refractivity contribution is 0.168. The molecule has 2 nitrogen and oxygen atoms in total. The minimum atomic E-state index is 0.357. The fourth-order valence-electron chi connectivity index (χ4n) is 1.47. The van der Waals surface area contributed by atoms with E-state index in [1.165, 1.54) is 12.8 Å². The van der Waals surface area contributed by atoms with Crippen molar-refractivity contribution in [2.45, 2.75) is 18.9 Å². The Morgan fingerprint density at radius 2 is 2.54 bits per heavy atom. The summed E-state index contributed by atoms with van der Waals surface area (Å²) in [6.45, 7) is 2.11. The zero-order chi connectivity index (χ0) is 9.10. The molecule has 4 heteroatoms. The third-order valence-electron chi connectivity index (χ3n) is 2.10. The summed E-state index contributed by atoms with van der Waals surface area (Å²) in [6, 6.07) is 2.03. The molecule has 0 radical (unpaired) electrons. The number of rotatable bonds is 2. The number of hydrogen-bond donors (Lipinski definition) is 1. The molecule has 72 valence electrons. The Hall–Kier alpha value is -0.0600. The third kappa shape index (κ3) is 2.69. The molecule has 1 saturated heterocycles. The van der Waals surface area contributed by atoms with Crippen LogP contribution >= 0.6 is 27.3 Å². The van der Waals surface area contributed by atoms with Gasteiger partial charge in [0.2, 0.25) is 0 Å². The number of thiophene rings is 1. The van der Waals surface area contributed by atoms with Crippen LogP contribution in [0.5, 0.6) is 5.75 Å². The van der Waals surface area contributed by atoms with Gasteiger partial charge in [-0.25, -0.2) is 0 Å². The van der Waals surface area contributed by atoms with E-state index in [1.54, 1.807) is 11.3 Å². The van der Waals surface area contributed by atoms with Crippen molar-refractivity contribution in [1.82, 2.24) is 5.32 Å². The molecule has 0 aromatic carbocycles. The summed E-state index contributed by atoms with van der Waals surface area (Å²) >= 11 is 5.08. The Morgan fingerprint density at radius 3 is 3.15 bits per heavy atom. The molecule has 1 N–H and O–H groups in total. The lowest BCUT2D eigenvalue weighted by atomic mass is 10.1. The van der Waals surface area contributed by atoms with Crippen molar-refractivity contribution in [3.63, 3.8) is 0 Å². The molecule has 1 unspecified atom stereocenters. The molecule has 1 fully saturated rings. The largest absolute Gasteiger partial charge is 0.488 e. The van der Waals surface area contributed by atoms with Crippen molar-refractivity contribution in [1.29, 1.82) is 0 Å². The number of hydrogen-bond acceptors (Lipinski definition) is 3. The van der Waals surface area contributed by atoms with Gasteiger partial charge in [-0.1, -0.05) is 0 Å². The van der Waals surface area contributed by atoms with Crippen molar-refractivity contribution in [3.05, 3.63) is 15.2 Å². The molecule has 1 aromatic rings. The predicted molar refractivity (Wildman–Crippen MR) is 58.5 cm³/mol. The van der Waals surface area contributed by atoms with Crippen molar-refractivity contribution in [2.75, 3.05) is 13.1 Å². The van der Waals surface area contributed by atoms with Crippen molar-refractivity contribution in [3.8, 4) is 5.75 Å². The third-order valence-corrected chi connectivity index (χ3v) is 3.58. The topological polar surface area (TPSA) is 21.3 Å². The Labute approximate surface area is 90.4 Å². The molecule has 1 atom stereocenters. The second kappa shape index (κ2) is 4.44. The van der Waals surface area contributed by atoms with E-state index in [4.69, 9.17) is 4.74 Å². The van der Waals surface area contributed by atoms with Crippen LogP contribution in [0.15, 0.2) is 15.2 Å². The first-order valence-corrected chi connectivity index (χ1v) is 6.13. The molecule has 0 saturated carbocycles. The summed E-state index contributed by atoms with van der Waals surface area (Å²) in [5.74, 6) is 0.991. The van der Waals surface area contributed by atoms with Crippen LogP contribution in [0.3, 0.4) is 0 Å². The fraction of sp³-hybridized carbons (Fsp3) is 0.556. The average molecular weight is 262 g/mol. The maximum Gasteiger partial charge on any atom is 0.131 e. The maximum absolute atomic E-state index is 5.79. The minimum Gasteiger partial charge on any atom is -0.488 e. The summed E-state index contributed by atoms with van der Waals surface area (Å²) in [6.07, 6.45) is 2.74. The molecule has 1 aliphatic heterocycles. The molecule has 0 amide bonds. The van der Waals surface area contributed by atoms with Gasteiger partial charge in [-0.05, 0) is 35.3 Å². The average Bonchev–Trinajstić information content (AvgIpc) is 2.53. The maximum atomic E-state index is 5.79. The van der Waals surface area contributed by atoms with Crippen molar-refractivity contribution < 1.29 is 4.74 Å². The summed E-state index contributed by atoms with van der Waals surface area (Å²) in [4.78, 5) is 0. The van der Waals surface area contributed by atoms with E-state index >= 15 is 0 Å². The zero-order valence-corrected chi connectivity index (χ0v) is 9.66. The highest BCUT2D eigenvalue weighted by Gasteiger charge is 2.14. The summed E-state index contributed by atoms with van der Waals surface area (Å²) in [5.41, 5.74) is 0. The molecule has 2 rings (SSSR count). The molecule has 2 heterocycles. The van der Waals surface area contributed by atoms with Crippen LogP contribution in [0.2, 0.25) is 0 Å². The van der Waals surface area contributed by atoms with Crippen molar-refractivity contribution in [2.24, 2.45) is 0 Å². The lowest BCUT2D eigenvalue weighted by Gasteiger charge is -2.23. The Bertz CT molecular complexity index is 270. The quantitative estimate of drug-likeness (QED) is 0.884. The van der Waals surface area contributed by atoms with Crippen molar-refractivity contribution >= 4 is 27.3 Å². The summed E-state index contributed by atoms with van der Waals surface area (Å²) in [7, 11) is 0. The molecule has 0 aliphatic carbocycles. The van der Waals surface area contributed by atoms with Crippen LogP contribution in [0.25, 0.3) is 0 Å². The smallest absolute Gasteiger partial charge is 0.131 e. The SMILES string of the molecule is Brc1cc(OC2CCCNC2)cs1. The molecular weight excluding hydrogens is 250 g/mol. The van der Waals surface area contributed by atoms with Gasteiger partial charge in [0.1, 0.15) is 11.9 Å². The standard InChI is InChI=1S/C9H12BrNOS/c10-9-4-8(6-13-9)12-7-2-1-3-11-5-7/h4,6-7,11H,1-3,5H2. The predicted octanol–water partition coefficient (Wildman–Crippen LogP) is 2.64. The van der Waals surface area contributed by atoms with Gasteiger partial charge in [-0.3, -0.25) is 0 Å². The van der Waals surface area contributed by atoms with E-state index in [1.807, 2.05) is 11.4 Å². The van der Waals surface area contributed by atoms with Crippen LogP contribution in [-0.2, 0) is 0 Å². The van der Waals surface area contributed by atoms with Gasteiger partial charge < -0.3 is 10.1 Å². The first kappa shape index (κ1) is 9.49. The van der Waals surface area contributed by atoms with Crippen LogP contribution in [0.1, 0.15) is 12.8 Å². The van der Waals surface area contributed by atoms with Crippen LogP contribution in [0.4, 0.5) is 0 Å². The highest BCUT2D eigenvalue weighted by molar-refractivity contribution is 9.11. The van der Waals surface area contributed by atoms with Gasteiger partial charge in [0.25, 0.3) is 0 Å². The summed E-state index contributed by atoms with van der Waals surface area (Å²) in [5, 5.41) is 5.37. The monoisotopic (exact) mass is 261 g/mol. The normalized spacial score (nSPS) is 23.0. The number of piperidine rings is 1. The van der Waals surface area contributed by atoms with E-state index in [-0.39, 0.29) is 0 Å². The van der Waals surface area contributed by atoms with E-state index in [2.05, 4.69) is 21.2 Å². The molecule has 0 spiro atoms. The highest BCUT2D eigenvalue weighted by atomic mass is 79.9. The lowest BCUT2D eigenvalue weighted by Crippen LogP contribution is -2.37. The molecular formula is C9H12BrNOS. The first-order valence-electron chi connectivity index (χ1n) is 4.46. The minimum absolute atomic E-state index is 0.357. The Kier molecular flexibility index (Phi) is 3.24. The fourth-order valence-corrected chi connectivity index (χ4v) is 2.51. The zero-order valence-electron chi connectivity index (χ0n) is 7.25. The van der Waals surface area contributed by atoms with E-state index in [0.29, 0.717) is 6.10 Å². The van der Waals surface area contributed by atoms with Gasteiger partial charge in [0.05, 0.1) is 3.79 Å². The Balaban J connectivity index is 1.89. The summed E-state index contributed by atoms with van der Waals surface area (Å²) < 4.78 is 6.92. The van der Waals surface area contributed by atoms with Gasteiger partial charge in [0, 0.05) is 18.0 Å². The second-order valence-corrected chi connectivity index (χ2v) is 5.46. The van der Waals surface area contributed by atoms with Crippen LogP contribution in [-0.4, -0.2) is 19.2 Å². The Morgan fingerprint density at radius 1 is 1.62 bits per heavy atom. The van der Waals surface area contributed by atoms with Gasteiger partial charge >= 0.3 is 0 Å². The van der Waals surface area contributed by atoms with Crippen LogP contribution < -0.4 is 10.1 Å². The highest BCUT2D eigenvalue weighted by Crippen LogP contribution is 2.27. The number of nitrogens with one attached hydrogen (secondary N) is 1. The van der Waals surface area contributed by atoms with E-state index in [9.17, 15) is 0 Å². The number of ether oxygens (including phenoxy) is 1. The first-order chi connectivity index (χ1) is 6.34. The van der Waals surface area contributed by atoms with Gasteiger partial charge in [-0.2, -0.15) is 0 Å². The molecule has 1 aliphatic rings. The van der Waals surface area contributed by atoms with E-state index in [0.717, 1.165) is 22.6 Å². The van der Waals surface area contributed by atoms with Gasteiger partial charge in [0.15, 0.2) is 0 Å². The number of halogens is 1. The van der Waals surface area contributed by atoms with E-state index < -0.39 is 0 Å². The second-order valence-electron chi connectivity index (χ2n) is 3.17. The molecule has 1 aromatic heterocycles. The molecule has 13 heavy (non-hydrogen) atoms. The molecule has 0 bridgehead atoms. The van der Waals surface area contributed by atoms with Crippen LogP contribution in [0, 0.1) is 0 Å². The van der Waals surface area contributed by atoms with Gasteiger partial charge in [-0.15, -0.1) is 11.3 Å².